The molecular formula is C11H13F2N. The molecule has 0 aromatic heterocycles. The van der Waals surface area contributed by atoms with Gasteiger partial charge in [-0.2, -0.15) is 0 Å². The van der Waals surface area contributed by atoms with Crippen molar-refractivity contribution in [2.45, 2.75) is 31.2 Å². The summed E-state index contributed by atoms with van der Waals surface area (Å²) in [6.07, 6.45) is 1.61. The van der Waals surface area contributed by atoms with Crippen molar-refractivity contribution >= 4 is 0 Å². The Morgan fingerprint density at radius 2 is 1.86 bits per heavy atom. The quantitative estimate of drug-likeness (QED) is 0.775. The van der Waals surface area contributed by atoms with Gasteiger partial charge in [0.15, 0.2) is 0 Å². The van der Waals surface area contributed by atoms with Crippen molar-refractivity contribution in [1.29, 1.82) is 0 Å². The molecule has 1 aliphatic rings. The number of alkyl halides is 2. The molecule has 0 atom stereocenters. The maximum Gasteiger partial charge on any atom is 0.270 e. The lowest BCUT2D eigenvalue weighted by Gasteiger charge is -2.19. The zero-order valence-corrected chi connectivity index (χ0v) is 8.06. The second-order valence-electron chi connectivity index (χ2n) is 4.09. The second kappa shape index (κ2) is 2.76. The summed E-state index contributed by atoms with van der Waals surface area (Å²) in [6, 6.07) is 6.56. The highest BCUT2D eigenvalue weighted by Crippen LogP contribution is 2.46. The van der Waals surface area contributed by atoms with Crippen LogP contribution < -0.4 is 5.73 Å². The third kappa shape index (κ3) is 1.52. The van der Waals surface area contributed by atoms with Gasteiger partial charge in [-0.25, -0.2) is 8.78 Å². The molecule has 1 fully saturated rings. The van der Waals surface area contributed by atoms with Crippen molar-refractivity contribution < 1.29 is 8.78 Å². The topological polar surface area (TPSA) is 26.0 Å². The summed E-state index contributed by atoms with van der Waals surface area (Å²) in [6.45, 7) is 0.914. The number of rotatable bonds is 2. The lowest BCUT2D eigenvalue weighted by molar-refractivity contribution is 0.0160. The summed E-state index contributed by atoms with van der Waals surface area (Å²) in [5.74, 6) is -2.80. The maximum atomic E-state index is 13.2. The normalized spacial score (nSPS) is 19.4. The Bertz CT molecular complexity index is 326. The van der Waals surface area contributed by atoms with E-state index in [1.807, 2.05) is 0 Å². The molecule has 0 aliphatic heterocycles. The van der Waals surface area contributed by atoms with Gasteiger partial charge in [-0.15, -0.1) is 0 Å². The van der Waals surface area contributed by atoms with E-state index in [1.54, 1.807) is 18.2 Å². The van der Waals surface area contributed by atoms with E-state index in [2.05, 4.69) is 0 Å². The fourth-order valence-electron chi connectivity index (χ4n) is 1.70. The van der Waals surface area contributed by atoms with Crippen LogP contribution in [-0.4, -0.2) is 0 Å². The zero-order chi connectivity index (χ0) is 10.4. The highest BCUT2D eigenvalue weighted by Gasteiger charge is 2.44. The highest BCUT2D eigenvalue weighted by atomic mass is 19.3. The van der Waals surface area contributed by atoms with Gasteiger partial charge in [-0.3, -0.25) is 0 Å². The molecule has 76 valence electrons. The van der Waals surface area contributed by atoms with Gasteiger partial charge in [0.2, 0.25) is 0 Å². The van der Waals surface area contributed by atoms with Gasteiger partial charge in [-0.05, 0) is 18.4 Å². The first-order valence-electron chi connectivity index (χ1n) is 4.70. The van der Waals surface area contributed by atoms with E-state index in [0.717, 1.165) is 19.8 Å². The lowest BCUT2D eigenvalue weighted by atomic mass is 9.95. The molecule has 0 spiro atoms. The van der Waals surface area contributed by atoms with Crippen LogP contribution in [0.25, 0.3) is 0 Å². The van der Waals surface area contributed by atoms with Crippen LogP contribution in [0.1, 0.15) is 30.9 Å². The standard InChI is InChI=1S/C11H13F2N/c1-10(12,13)8-4-2-3-5-9(8)11(14)6-7-11/h2-5H,6-7,14H2,1H3. The van der Waals surface area contributed by atoms with Gasteiger partial charge >= 0.3 is 0 Å². The van der Waals surface area contributed by atoms with Crippen LogP contribution in [0.2, 0.25) is 0 Å². The predicted molar refractivity (Wildman–Crippen MR) is 51.1 cm³/mol. The molecule has 1 nitrogen and oxygen atoms in total. The van der Waals surface area contributed by atoms with Crippen LogP contribution in [0.5, 0.6) is 0 Å². The summed E-state index contributed by atoms with van der Waals surface area (Å²) < 4.78 is 26.4. The van der Waals surface area contributed by atoms with Crippen molar-refractivity contribution in [3.8, 4) is 0 Å². The summed E-state index contributed by atoms with van der Waals surface area (Å²) in [5.41, 5.74) is 6.12. The Hall–Kier alpha value is -0.960. The Morgan fingerprint density at radius 1 is 1.29 bits per heavy atom. The molecule has 1 saturated carbocycles. The Kier molecular flexibility index (Phi) is 1.89. The van der Waals surface area contributed by atoms with Gasteiger partial charge in [0.05, 0.1) is 0 Å². The largest absolute Gasteiger partial charge is 0.321 e. The first-order chi connectivity index (χ1) is 6.43. The van der Waals surface area contributed by atoms with Gasteiger partial charge in [0.1, 0.15) is 0 Å². The number of hydrogen-bond acceptors (Lipinski definition) is 1. The van der Waals surface area contributed by atoms with E-state index in [4.69, 9.17) is 5.73 Å². The van der Waals surface area contributed by atoms with E-state index >= 15 is 0 Å². The van der Waals surface area contributed by atoms with Crippen LogP contribution in [0.4, 0.5) is 8.78 Å². The summed E-state index contributed by atoms with van der Waals surface area (Å²) in [7, 11) is 0. The smallest absolute Gasteiger partial charge is 0.270 e. The third-order valence-corrected chi connectivity index (χ3v) is 2.73. The fraction of sp³-hybridized carbons (Fsp3) is 0.455. The van der Waals surface area contributed by atoms with Crippen LogP contribution in [0.3, 0.4) is 0 Å². The van der Waals surface area contributed by atoms with E-state index in [0.29, 0.717) is 5.56 Å². The minimum Gasteiger partial charge on any atom is -0.321 e. The van der Waals surface area contributed by atoms with Crippen LogP contribution >= 0.6 is 0 Å². The SMILES string of the molecule is CC(F)(F)c1ccccc1C1(N)CC1. The molecule has 0 amide bonds. The highest BCUT2D eigenvalue weighted by molar-refractivity contribution is 5.39. The average Bonchev–Trinajstić information content (AvgIpc) is 2.84. The molecule has 0 bridgehead atoms. The van der Waals surface area contributed by atoms with Gasteiger partial charge in [0, 0.05) is 18.0 Å². The van der Waals surface area contributed by atoms with Crippen molar-refractivity contribution in [3.63, 3.8) is 0 Å². The molecule has 0 heterocycles. The zero-order valence-electron chi connectivity index (χ0n) is 8.06. The molecule has 2 rings (SSSR count). The molecule has 1 aliphatic carbocycles. The van der Waals surface area contributed by atoms with Gasteiger partial charge < -0.3 is 5.73 Å². The van der Waals surface area contributed by atoms with Crippen molar-refractivity contribution in [1.82, 2.24) is 0 Å². The van der Waals surface area contributed by atoms with E-state index in [9.17, 15) is 8.78 Å². The molecule has 0 saturated heterocycles. The first kappa shape index (κ1) is 9.59. The second-order valence-corrected chi connectivity index (χ2v) is 4.09. The van der Waals surface area contributed by atoms with Crippen LogP contribution in [0.15, 0.2) is 24.3 Å². The molecule has 2 N–H and O–H groups in total. The van der Waals surface area contributed by atoms with Crippen molar-refractivity contribution in [2.24, 2.45) is 5.73 Å². The fourth-order valence-corrected chi connectivity index (χ4v) is 1.70. The molecular weight excluding hydrogens is 184 g/mol. The summed E-state index contributed by atoms with van der Waals surface area (Å²) in [5, 5.41) is 0. The Balaban J connectivity index is 2.50. The molecule has 1 aromatic carbocycles. The maximum absolute atomic E-state index is 13.2. The third-order valence-electron chi connectivity index (χ3n) is 2.73. The number of hydrogen-bond donors (Lipinski definition) is 1. The summed E-state index contributed by atoms with van der Waals surface area (Å²) >= 11 is 0. The van der Waals surface area contributed by atoms with Crippen molar-refractivity contribution in [3.05, 3.63) is 35.4 Å². The first-order valence-corrected chi connectivity index (χ1v) is 4.70. The molecule has 0 unspecified atom stereocenters. The molecule has 1 aromatic rings. The van der Waals surface area contributed by atoms with E-state index in [1.165, 1.54) is 6.07 Å². The molecule has 0 radical (unpaired) electrons. The average molecular weight is 197 g/mol. The summed E-state index contributed by atoms with van der Waals surface area (Å²) in [4.78, 5) is 0. The Labute approximate surface area is 81.9 Å². The monoisotopic (exact) mass is 197 g/mol. The lowest BCUT2D eigenvalue weighted by Crippen LogP contribution is -2.24. The molecule has 3 heteroatoms. The van der Waals surface area contributed by atoms with Crippen LogP contribution in [-0.2, 0) is 11.5 Å². The molecule has 14 heavy (non-hydrogen) atoms. The van der Waals surface area contributed by atoms with E-state index < -0.39 is 11.5 Å². The minimum atomic E-state index is -2.80. The van der Waals surface area contributed by atoms with Crippen LogP contribution in [0, 0.1) is 0 Å². The number of benzene rings is 1. The van der Waals surface area contributed by atoms with Gasteiger partial charge in [-0.1, -0.05) is 24.3 Å². The van der Waals surface area contributed by atoms with Crippen molar-refractivity contribution in [2.75, 3.05) is 0 Å². The predicted octanol–water partition coefficient (Wildman–Crippen LogP) is 2.75. The minimum absolute atomic E-state index is 0.0694. The Morgan fingerprint density at radius 3 is 2.36 bits per heavy atom. The van der Waals surface area contributed by atoms with Gasteiger partial charge in [0.25, 0.3) is 5.92 Å². The van der Waals surface area contributed by atoms with E-state index in [-0.39, 0.29) is 5.56 Å². The number of nitrogens with two attached hydrogens (primary N) is 1. The number of halogens is 2.